The highest BCUT2D eigenvalue weighted by atomic mass is 16.5. The zero-order chi connectivity index (χ0) is 12.3. The predicted molar refractivity (Wildman–Crippen MR) is 58.8 cm³/mol. The van der Waals surface area contributed by atoms with E-state index in [0.717, 1.165) is 0 Å². The van der Waals surface area contributed by atoms with E-state index in [1.807, 2.05) is 0 Å². The Morgan fingerprint density at radius 2 is 1.94 bits per heavy atom. The number of methoxy groups -OCH3 is 1. The SMILES string of the molecule is COc1nccc(-c2ncccn2)c1C(=O)O. The zero-order valence-electron chi connectivity index (χ0n) is 8.99. The Morgan fingerprint density at radius 3 is 2.53 bits per heavy atom. The highest BCUT2D eigenvalue weighted by Crippen LogP contribution is 2.26. The van der Waals surface area contributed by atoms with Crippen LogP contribution in [0.5, 0.6) is 5.88 Å². The van der Waals surface area contributed by atoms with Gasteiger partial charge < -0.3 is 9.84 Å². The fourth-order valence-corrected chi connectivity index (χ4v) is 1.43. The fraction of sp³-hybridized carbons (Fsp3) is 0.0909. The van der Waals surface area contributed by atoms with Crippen molar-refractivity contribution in [2.24, 2.45) is 0 Å². The van der Waals surface area contributed by atoms with Gasteiger partial charge in [-0.15, -0.1) is 0 Å². The molecule has 0 atom stereocenters. The fourth-order valence-electron chi connectivity index (χ4n) is 1.43. The molecule has 0 unspecified atom stereocenters. The van der Waals surface area contributed by atoms with E-state index in [1.165, 1.54) is 13.3 Å². The Kier molecular flexibility index (Phi) is 2.95. The minimum Gasteiger partial charge on any atom is -0.480 e. The van der Waals surface area contributed by atoms with Crippen LogP contribution in [0.1, 0.15) is 10.4 Å². The summed E-state index contributed by atoms with van der Waals surface area (Å²) >= 11 is 0. The number of ether oxygens (including phenoxy) is 1. The number of hydrogen-bond acceptors (Lipinski definition) is 5. The van der Waals surface area contributed by atoms with Gasteiger partial charge in [0.25, 0.3) is 0 Å². The quantitative estimate of drug-likeness (QED) is 0.855. The molecule has 86 valence electrons. The van der Waals surface area contributed by atoms with Gasteiger partial charge in [-0.1, -0.05) is 0 Å². The van der Waals surface area contributed by atoms with Gasteiger partial charge in [0, 0.05) is 24.2 Å². The highest BCUT2D eigenvalue weighted by molar-refractivity contribution is 5.97. The molecule has 6 heteroatoms. The third kappa shape index (κ3) is 2.05. The van der Waals surface area contributed by atoms with E-state index in [2.05, 4.69) is 15.0 Å². The van der Waals surface area contributed by atoms with Gasteiger partial charge in [-0.25, -0.2) is 19.7 Å². The second kappa shape index (κ2) is 4.56. The van der Waals surface area contributed by atoms with Crippen molar-refractivity contribution in [3.8, 4) is 17.3 Å². The Balaban J connectivity index is 2.66. The first-order chi connectivity index (χ1) is 8.24. The Hall–Kier alpha value is -2.50. The van der Waals surface area contributed by atoms with Crippen LogP contribution < -0.4 is 4.74 Å². The molecule has 0 aromatic carbocycles. The maximum atomic E-state index is 11.2. The lowest BCUT2D eigenvalue weighted by molar-refractivity contribution is 0.0693. The van der Waals surface area contributed by atoms with Crippen LogP contribution in [0.3, 0.4) is 0 Å². The molecule has 17 heavy (non-hydrogen) atoms. The molecule has 0 spiro atoms. The molecule has 0 aliphatic carbocycles. The normalized spacial score (nSPS) is 9.94. The summed E-state index contributed by atoms with van der Waals surface area (Å²) in [5.41, 5.74) is 0.339. The smallest absolute Gasteiger partial charge is 0.341 e. The van der Waals surface area contributed by atoms with Crippen LogP contribution in [0, 0.1) is 0 Å². The van der Waals surface area contributed by atoms with Crippen molar-refractivity contribution in [2.75, 3.05) is 7.11 Å². The van der Waals surface area contributed by atoms with Crippen LogP contribution in [0.15, 0.2) is 30.7 Å². The zero-order valence-corrected chi connectivity index (χ0v) is 8.99. The second-order valence-electron chi connectivity index (χ2n) is 3.12. The monoisotopic (exact) mass is 231 g/mol. The van der Waals surface area contributed by atoms with Crippen LogP contribution >= 0.6 is 0 Å². The molecule has 0 bridgehead atoms. The average Bonchev–Trinajstić information content (AvgIpc) is 2.38. The lowest BCUT2D eigenvalue weighted by Crippen LogP contribution is -2.06. The largest absolute Gasteiger partial charge is 0.480 e. The number of nitrogens with zero attached hydrogens (tertiary/aromatic N) is 3. The first-order valence-electron chi connectivity index (χ1n) is 4.77. The topological polar surface area (TPSA) is 85.2 Å². The summed E-state index contributed by atoms with van der Waals surface area (Å²) < 4.78 is 4.92. The van der Waals surface area contributed by atoms with Gasteiger partial charge in [0.1, 0.15) is 5.56 Å². The van der Waals surface area contributed by atoms with E-state index in [-0.39, 0.29) is 11.4 Å². The first kappa shape index (κ1) is 11.0. The van der Waals surface area contributed by atoms with E-state index < -0.39 is 5.97 Å². The predicted octanol–water partition coefficient (Wildman–Crippen LogP) is 1.25. The molecule has 1 N–H and O–H groups in total. The van der Waals surface area contributed by atoms with Crippen molar-refractivity contribution in [3.05, 3.63) is 36.3 Å². The summed E-state index contributed by atoms with van der Waals surface area (Å²) in [6.45, 7) is 0. The van der Waals surface area contributed by atoms with Crippen molar-refractivity contribution in [1.82, 2.24) is 15.0 Å². The molecule has 0 aliphatic rings. The number of carboxylic acids is 1. The summed E-state index contributed by atoms with van der Waals surface area (Å²) in [4.78, 5) is 23.1. The van der Waals surface area contributed by atoms with E-state index >= 15 is 0 Å². The highest BCUT2D eigenvalue weighted by Gasteiger charge is 2.19. The van der Waals surface area contributed by atoms with E-state index in [4.69, 9.17) is 9.84 Å². The number of carbonyl (C=O) groups is 1. The standard InChI is InChI=1S/C11H9N3O3/c1-17-10-8(11(15)16)7(3-6-14-10)9-12-4-2-5-13-9/h2-6H,1H3,(H,15,16). The van der Waals surface area contributed by atoms with Crippen LogP contribution in [0.25, 0.3) is 11.4 Å². The molecule has 0 saturated heterocycles. The van der Waals surface area contributed by atoms with Gasteiger partial charge in [0.05, 0.1) is 7.11 Å². The number of aromatic carboxylic acids is 1. The molecular formula is C11H9N3O3. The van der Waals surface area contributed by atoms with E-state index in [1.54, 1.807) is 24.5 Å². The van der Waals surface area contributed by atoms with Crippen LogP contribution in [-0.4, -0.2) is 33.1 Å². The molecule has 2 aromatic rings. The minimum absolute atomic E-state index is 0.0406. The Bertz CT molecular complexity index is 543. The molecule has 0 amide bonds. The van der Waals surface area contributed by atoms with Gasteiger partial charge in [0.2, 0.25) is 5.88 Å². The number of hydrogen-bond donors (Lipinski definition) is 1. The maximum absolute atomic E-state index is 11.2. The molecule has 0 saturated carbocycles. The number of pyridine rings is 1. The molecule has 0 aliphatic heterocycles. The van der Waals surface area contributed by atoms with Gasteiger partial charge >= 0.3 is 5.97 Å². The number of aromatic nitrogens is 3. The van der Waals surface area contributed by atoms with E-state index in [9.17, 15) is 4.79 Å². The maximum Gasteiger partial charge on any atom is 0.341 e. The van der Waals surface area contributed by atoms with Gasteiger partial charge in [-0.3, -0.25) is 0 Å². The van der Waals surface area contributed by atoms with Crippen molar-refractivity contribution >= 4 is 5.97 Å². The van der Waals surface area contributed by atoms with Crippen LogP contribution in [-0.2, 0) is 0 Å². The lowest BCUT2D eigenvalue weighted by atomic mass is 10.1. The summed E-state index contributed by atoms with van der Waals surface area (Å²) in [5, 5.41) is 9.16. The van der Waals surface area contributed by atoms with Gasteiger partial charge in [-0.05, 0) is 12.1 Å². The molecule has 6 nitrogen and oxygen atoms in total. The molecule has 2 aromatic heterocycles. The first-order valence-corrected chi connectivity index (χ1v) is 4.77. The average molecular weight is 231 g/mol. The van der Waals surface area contributed by atoms with E-state index in [0.29, 0.717) is 11.4 Å². The van der Waals surface area contributed by atoms with Crippen molar-refractivity contribution < 1.29 is 14.6 Å². The number of carboxylic acid groups (broad SMARTS) is 1. The van der Waals surface area contributed by atoms with Gasteiger partial charge in [-0.2, -0.15) is 0 Å². The molecule has 2 heterocycles. The third-order valence-electron chi connectivity index (χ3n) is 2.13. The molecule has 0 radical (unpaired) electrons. The van der Waals surface area contributed by atoms with Crippen LogP contribution in [0.4, 0.5) is 0 Å². The Morgan fingerprint density at radius 1 is 1.24 bits per heavy atom. The van der Waals surface area contributed by atoms with Crippen molar-refractivity contribution in [3.63, 3.8) is 0 Å². The minimum atomic E-state index is -1.13. The second-order valence-corrected chi connectivity index (χ2v) is 3.12. The summed E-state index contributed by atoms with van der Waals surface area (Å²) in [6.07, 6.45) is 4.54. The summed E-state index contributed by atoms with van der Waals surface area (Å²) in [5.74, 6) is -0.759. The van der Waals surface area contributed by atoms with Crippen molar-refractivity contribution in [1.29, 1.82) is 0 Å². The number of rotatable bonds is 3. The Labute approximate surface area is 96.9 Å². The van der Waals surface area contributed by atoms with Crippen LogP contribution in [0.2, 0.25) is 0 Å². The lowest BCUT2D eigenvalue weighted by Gasteiger charge is -2.07. The van der Waals surface area contributed by atoms with Gasteiger partial charge in [0.15, 0.2) is 5.82 Å². The van der Waals surface area contributed by atoms with Crippen molar-refractivity contribution in [2.45, 2.75) is 0 Å². The molecular weight excluding hydrogens is 222 g/mol. The molecule has 0 fully saturated rings. The summed E-state index contributed by atoms with van der Waals surface area (Å²) in [6, 6.07) is 3.20. The molecule has 2 rings (SSSR count). The third-order valence-corrected chi connectivity index (χ3v) is 2.13. The summed E-state index contributed by atoms with van der Waals surface area (Å²) in [7, 11) is 1.37.